The smallest absolute Gasteiger partial charge is 0.0121 e. The summed E-state index contributed by atoms with van der Waals surface area (Å²) in [5.74, 6) is 0.662. The average molecular weight is 266 g/mol. The highest BCUT2D eigenvalue weighted by Crippen LogP contribution is 2.26. The van der Waals surface area contributed by atoms with Crippen LogP contribution in [-0.4, -0.2) is 0 Å². The molecule has 0 heteroatoms. The van der Waals surface area contributed by atoms with Gasteiger partial charge in [0.05, 0.1) is 0 Å². The van der Waals surface area contributed by atoms with Gasteiger partial charge in [0.1, 0.15) is 0 Å². The molecule has 0 spiro atoms. The Hall–Kier alpha value is -1.56. The molecule has 0 aliphatic carbocycles. The third-order valence-corrected chi connectivity index (χ3v) is 4.00. The van der Waals surface area contributed by atoms with Crippen molar-refractivity contribution >= 4 is 0 Å². The number of benzene rings is 2. The third kappa shape index (κ3) is 4.85. The summed E-state index contributed by atoms with van der Waals surface area (Å²) in [6, 6.07) is 21.9. The molecule has 0 fully saturated rings. The van der Waals surface area contributed by atoms with Crippen molar-refractivity contribution in [3.8, 4) is 0 Å². The highest BCUT2D eigenvalue weighted by atomic mass is 14.2. The fourth-order valence-electron chi connectivity index (χ4n) is 2.83. The quantitative estimate of drug-likeness (QED) is 0.515. The van der Waals surface area contributed by atoms with Crippen molar-refractivity contribution in [3.63, 3.8) is 0 Å². The van der Waals surface area contributed by atoms with Crippen LogP contribution in [0.5, 0.6) is 0 Å². The number of unbranched alkanes of at least 4 members (excludes halogenated alkanes) is 3. The van der Waals surface area contributed by atoms with Gasteiger partial charge in [0.15, 0.2) is 0 Å². The maximum absolute atomic E-state index is 2.29. The van der Waals surface area contributed by atoms with E-state index in [0.29, 0.717) is 5.92 Å². The van der Waals surface area contributed by atoms with E-state index in [9.17, 15) is 0 Å². The van der Waals surface area contributed by atoms with Gasteiger partial charge >= 0.3 is 0 Å². The van der Waals surface area contributed by atoms with E-state index >= 15 is 0 Å². The van der Waals surface area contributed by atoms with Crippen molar-refractivity contribution in [2.45, 2.75) is 51.4 Å². The van der Waals surface area contributed by atoms with Gasteiger partial charge in [0.2, 0.25) is 0 Å². The predicted octanol–water partition coefficient (Wildman–Crippen LogP) is 5.98. The van der Waals surface area contributed by atoms with Gasteiger partial charge in [0.25, 0.3) is 0 Å². The lowest BCUT2D eigenvalue weighted by Gasteiger charge is -2.17. The van der Waals surface area contributed by atoms with Gasteiger partial charge in [-0.2, -0.15) is 0 Å². The summed E-state index contributed by atoms with van der Waals surface area (Å²) in [5, 5.41) is 0. The zero-order valence-corrected chi connectivity index (χ0v) is 12.6. The van der Waals surface area contributed by atoms with Crippen LogP contribution in [0.1, 0.15) is 56.1 Å². The normalized spacial score (nSPS) is 12.2. The van der Waals surface area contributed by atoms with E-state index in [2.05, 4.69) is 67.6 Å². The Balaban J connectivity index is 2.00. The van der Waals surface area contributed by atoms with Gasteiger partial charge in [-0.25, -0.2) is 0 Å². The van der Waals surface area contributed by atoms with Crippen molar-refractivity contribution in [1.82, 2.24) is 0 Å². The molecule has 20 heavy (non-hydrogen) atoms. The summed E-state index contributed by atoms with van der Waals surface area (Å²) in [4.78, 5) is 0. The van der Waals surface area contributed by atoms with Crippen molar-refractivity contribution < 1.29 is 0 Å². The fourth-order valence-corrected chi connectivity index (χ4v) is 2.83. The van der Waals surface area contributed by atoms with E-state index in [0.717, 1.165) is 6.42 Å². The summed E-state index contributed by atoms with van der Waals surface area (Å²) in [6.07, 6.45) is 7.87. The first-order valence-corrected chi connectivity index (χ1v) is 7.99. The molecule has 0 aliphatic rings. The van der Waals surface area contributed by atoms with Crippen LogP contribution in [0.4, 0.5) is 0 Å². The van der Waals surface area contributed by atoms with Gasteiger partial charge in [-0.05, 0) is 29.9 Å². The first-order chi connectivity index (χ1) is 9.90. The van der Waals surface area contributed by atoms with Crippen molar-refractivity contribution in [3.05, 3.63) is 71.8 Å². The molecule has 106 valence electrons. The molecule has 2 aromatic carbocycles. The second-order valence-corrected chi connectivity index (χ2v) is 5.65. The summed E-state index contributed by atoms with van der Waals surface area (Å²) in [7, 11) is 0. The lowest BCUT2D eigenvalue weighted by molar-refractivity contribution is 0.551. The molecule has 0 aliphatic heterocycles. The standard InChI is InChI=1S/C20H26/c1-2-3-4-9-16-20(19-14-10-6-11-15-19)17-18-12-7-5-8-13-18/h5-8,10-15,20H,2-4,9,16-17H2,1H3. The van der Waals surface area contributed by atoms with Crippen LogP contribution in [-0.2, 0) is 6.42 Å². The predicted molar refractivity (Wildman–Crippen MR) is 88.1 cm³/mol. The Morgan fingerprint density at radius 1 is 0.750 bits per heavy atom. The van der Waals surface area contributed by atoms with E-state index in [1.54, 1.807) is 0 Å². The summed E-state index contributed by atoms with van der Waals surface area (Å²) >= 11 is 0. The van der Waals surface area contributed by atoms with Gasteiger partial charge in [0, 0.05) is 0 Å². The molecule has 1 unspecified atom stereocenters. The van der Waals surface area contributed by atoms with Gasteiger partial charge < -0.3 is 0 Å². The molecular formula is C20H26. The largest absolute Gasteiger partial charge is 0.0654 e. The van der Waals surface area contributed by atoms with E-state index in [-0.39, 0.29) is 0 Å². The molecule has 0 saturated heterocycles. The Kier molecular flexibility index (Phi) is 6.37. The minimum absolute atomic E-state index is 0.662. The van der Waals surface area contributed by atoms with Crippen LogP contribution < -0.4 is 0 Å². The van der Waals surface area contributed by atoms with E-state index in [1.165, 1.54) is 43.2 Å². The summed E-state index contributed by atoms with van der Waals surface area (Å²) in [5.41, 5.74) is 2.95. The molecule has 2 rings (SSSR count). The second-order valence-electron chi connectivity index (χ2n) is 5.65. The van der Waals surface area contributed by atoms with Gasteiger partial charge in [-0.15, -0.1) is 0 Å². The lowest BCUT2D eigenvalue weighted by atomic mass is 9.87. The number of rotatable bonds is 8. The van der Waals surface area contributed by atoms with E-state index in [4.69, 9.17) is 0 Å². The van der Waals surface area contributed by atoms with Crippen molar-refractivity contribution in [2.24, 2.45) is 0 Å². The molecule has 0 aromatic heterocycles. The Morgan fingerprint density at radius 2 is 1.40 bits per heavy atom. The highest BCUT2D eigenvalue weighted by molar-refractivity contribution is 5.24. The highest BCUT2D eigenvalue weighted by Gasteiger charge is 2.11. The molecule has 0 heterocycles. The topological polar surface area (TPSA) is 0 Å². The third-order valence-electron chi connectivity index (χ3n) is 4.00. The summed E-state index contributed by atoms with van der Waals surface area (Å²) < 4.78 is 0. The van der Waals surface area contributed by atoms with Crippen LogP contribution in [0.2, 0.25) is 0 Å². The monoisotopic (exact) mass is 266 g/mol. The zero-order chi connectivity index (χ0) is 14.0. The Bertz CT molecular complexity index is 458. The number of hydrogen-bond donors (Lipinski definition) is 0. The molecule has 2 aromatic rings. The van der Waals surface area contributed by atoms with Crippen LogP contribution >= 0.6 is 0 Å². The Morgan fingerprint density at radius 3 is 2.05 bits per heavy atom. The maximum atomic E-state index is 2.29. The van der Waals surface area contributed by atoms with Gasteiger partial charge in [-0.3, -0.25) is 0 Å². The molecule has 0 nitrogen and oxygen atoms in total. The first-order valence-electron chi connectivity index (χ1n) is 7.99. The number of hydrogen-bond acceptors (Lipinski definition) is 0. The minimum atomic E-state index is 0.662. The molecular weight excluding hydrogens is 240 g/mol. The van der Waals surface area contributed by atoms with Crippen molar-refractivity contribution in [2.75, 3.05) is 0 Å². The first kappa shape index (κ1) is 14.8. The van der Waals surface area contributed by atoms with E-state index in [1.807, 2.05) is 0 Å². The summed E-state index contributed by atoms with van der Waals surface area (Å²) in [6.45, 7) is 2.28. The van der Waals surface area contributed by atoms with Crippen LogP contribution in [0.25, 0.3) is 0 Å². The SMILES string of the molecule is CCCCCCC(Cc1ccccc1)c1ccccc1. The maximum Gasteiger partial charge on any atom is -0.0121 e. The molecule has 1 atom stereocenters. The molecule has 0 amide bonds. The van der Waals surface area contributed by atoms with Gasteiger partial charge in [-0.1, -0.05) is 93.3 Å². The van der Waals surface area contributed by atoms with Crippen LogP contribution in [0, 0.1) is 0 Å². The lowest BCUT2D eigenvalue weighted by Crippen LogP contribution is -2.03. The van der Waals surface area contributed by atoms with Crippen LogP contribution in [0.15, 0.2) is 60.7 Å². The average Bonchev–Trinajstić information content (AvgIpc) is 2.52. The molecule has 0 N–H and O–H groups in total. The van der Waals surface area contributed by atoms with E-state index < -0.39 is 0 Å². The Labute approximate surface area is 123 Å². The molecule has 0 bridgehead atoms. The van der Waals surface area contributed by atoms with Crippen LogP contribution in [0.3, 0.4) is 0 Å². The minimum Gasteiger partial charge on any atom is -0.0654 e. The zero-order valence-electron chi connectivity index (χ0n) is 12.6. The fraction of sp³-hybridized carbons (Fsp3) is 0.400. The van der Waals surface area contributed by atoms with Crippen molar-refractivity contribution in [1.29, 1.82) is 0 Å². The second kappa shape index (κ2) is 8.58. The molecule has 0 saturated carbocycles. The molecule has 0 radical (unpaired) electrons.